The topological polar surface area (TPSA) is 23.6 Å². The Labute approximate surface area is 170 Å². The molecule has 0 aliphatic carbocycles. The van der Waals surface area contributed by atoms with E-state index in [1.54, 1.807) is 0 Å². The van der Waals surface area contributed by atoms with Gasteiger partial charge in [-0.2, -0.15) is 0 Å². The second-order valence-electron chi connectivity index (χ2n) is 8.09. The molecule has 2 aromatic carbocycles. The van der Waals surface area contributed by atoms with Crippen LogP contribution in [0.25, 0.3) is 0 Å². The van der Waals surface area contributed by atoms with E-state index in [0.29, 0.717) is 18.5 Å². The quantitative estimate of drug-likeness (QED) is 0.638. The summed E-state index contributed by atoms with van der Waals surface area (Å²) < 4.78 is 0. The molecule has 0 bridgehead atoms. The van der Waals surface area contributed by atoms with Gasteiger partial charge in [0, 0.05) is 19.1 Å². The number of rotatable bonds is 9. The SMILES string of the molecule is CN1CCCN(C(CCCc2ccccc2)CCCc2ccccc2)C(=O)C1. The van der Waals surface area contributed by atoms with Crippen LogP contribution in [0.15, 0.2) is 60.7 Å². The molecular weight excluding hydrogens is 344 g/mol. The number of likely N-dealkylation sites (N-methyl/N-ethyl adjacent to an activating group) is 1. The molecule has 0 unspecified atom stereocenters. The Hall–Kier alpha value is -2.13. The number of nitrogens with zero attached hydrogens (tertiary/aromatic N) is 2. The number of benzene rings is 2. The van der Waals surface area contributed by atoms with Gasteiger partial charge in [0.05, 0.1) is 6.54 Å². The number of amides is 1. The molecule has 2 aromatic rings. The maximum absolute atomic E-state index is 12.8. The zero-order chi connectivity index (χ0) is 19.6. The first-order chi connectivity index (χ1) is 13.7. The van der Waals surface area contributed by atoms with E-state index in [-0.39, 0.29) is 0 Å². The molecule has 0 radical (unpaired) electrons. The molecule has 1 fully saturated rings. The molecule has 3 heteroatoms. The van der Waals surface area contributed by atoms with Crippen LogP contribution in [0, 0.1) is 0 Å². The summed E-state index contributed by atoms with van der Waals surface area (Å²) in [6, 6.07) is 21.8. The summed E-state index contributed by atoms with van der Waals surface area (Å²) in [4.78, 5) is 17.2. The lowest BCUT2D eigenvalue weighted by molar-refractivity contribution is -0.133. The molecule has 1 amide bonds. The number of hydrogen-bond donors (Lipinski definition) is 0. The summed E-state index contributed by atoms with van der Waals surface area (Å²) in [5.41, 5.74) is 2.79. The van der Waals surface area contributed by atoms with Crippen molar-refractivity contribution < 1.29 is 4.79 Å². The fraction of sp³-hybridized carbons (Fsp3) is 0.480. The first-order valence-electron chi connectivity index (χ1n) is 10.8. The van der Waals surface area contributed by atoms with Crippen LogP contribution in [0.5, 0.6) is 0 Å². The van der Waals surface area contributed by atoms with E-state index in [0.717, 1.165) is 58.0 Å². The van der Waals surface area contributed by atoms with Gasteiger partial charge in [-0.3, -0.25) is 9.69 Å². The van der Waals surface area contributed by atoms with E-state index in [4.69, 9.17) is 0 Å². The van der Waals surface area contributed by atoms with Crippen LogP contribution in [0.1, 0.15) is 43.2 Å². The molecule has 150 valence electrons. The van der Waals surface area contributed by atoms with Gasteiger partial charge < -0.3 is 4.90 Å². The lowest BCUT2D eigenvalue weighted by Crippen LogP contribution is -2.43. The van der Waals surface area contributed by atoms with E-state index in [2.05, 4.69) is 77.5 Å². The second-order valence-corrected chi connectivity index (χ2v) is 8.09. The zero-order valence-corrected chi connectivity index (χ0v) is 17.2. The Morgan fingerprint density at radius 3 is 1.89 bits per heavy atom. The number of hydrogen-bond acceptors (Lipinski definition) is 2. The maximum atomic E-state index is 12.8. The second kappa shape index (κ2) is 11.0. The van der Waals surface area contributed by atoms with Crippen molar-refractivity contribution in [2.45, 2.75) is 51.0 Å². The lowest BCUT2D eigenvalue weighted by atomic mass is 9.97. The van der Waals surface area contributed by atoms with Gasteiger partial charge in [0.2, 0.25) is 5.91 Å². The predicted octanol–water partition coefficient (Wildman–Crippen LogP) is 4.56. The van der Waals surface area contributed by atoms with Gasteiger partial charge >= 0.3 is 0 Å². The Balaban J connectivity index is 1.58. The molecule has 0 saturated carbocycles. The standard InChI is InChI=1S/C25H34N2O/c1-26-19-10-20-27(25(28)21-26)24(17-8-15-22-11-4-2-5-12-22)18-9-16-23-13-6-3-7-14-23/h2-7,11-14,24H,8-10,15-21H2,1H3. The third kappa shape index (κ3) is 6.49. The Morgan fingerprint density at radius 2 is 1.36 bits per heavy atom. The third-order valence-electron chi connectivity index (χ3n) is 5.80. The largest absolute Gasteiger partial charge is 0.339 e. The molecule has 0 N–H and O–H groups in total. The van der Waals surface area contributed by atoms with Crippen LogP contribution in [-0.2, 0) is 17.6 Å². The number of carbonyl (C=O) groups is 1. The van der Waals surface area contributed by atoms with E-state index in [1.165, 1.54) is 11.1 Å². The number of aryl methyl sites for hydroxylation is 2. The van der Waals surface area contributed by atoms with Crippen LogP contribution in [0.2, 0.25) is 0 Å². The molecule has 0 spiro atoms. The molecular formula is C25H34N2O. The zero-order valence-electron chi connectivity index (χ0n) is 17.2. The monoisotopic (exact) mass is 378 g/mol. The maximum Gasteiger partial charge on any atom is 0.236 e. The van der Waals surface area contributed by atoms with Crippen molar-refractivity contribution in [3.8, 4) is 0 Å². The molecule has 1 aliphatic heterocycles. The molecule has 1 saturated heterocycles. The van der Waals surface area contributed by atoms with E-state index >= 15 is 0 Å². The van der Waals surface area contributed by atoms with E-state index < -0.39 is 0 Å². The van der Waals surface area contributed by atoms with Crippen molar-refractivity contribution in [3.63, 3.8) is 0 Å². The fourth-order valence-electron chi connectivity index (χ4n) is 4.25. The molecule has 3 rings (SSSR count). The summed E-state index contributed by atoms with van der Waals surface area (Å²) in [6.45, 7) is 2.49. The van der Waals surface area contributed by atoms with Crippen molar-refractivity contribution in [1.82, 2.24) is 9.80 Å². The highest BCUT2D eigenvalue weighted by molar-refractivity contribution is 5.78. The highest BCUT2D eigenvalue weighted by Gasteiger charge is 2.26. The smallest absolute Gasteiger partial charge is 0.236 e. The highest BCUT2D eigenvalue weighted by Crippen LogP contribution is 2.19. The minimum atomic E-state index is 0.310. The van der Waals surface area contributed by atoms with E-state index in [1.807, 2.05) is 0 Å². The fourth-order valence-corrected chi connectivity index (χ4v) is 4.25. The average Bonchev–Trinajstić information content (AvgIpc) is 2.88. The van der Waals surface area contributed by atoms with Crippen molar-refractivity contribution in [1.29, 1.82) is 0 Å². The predicted molar refractivity (Wildman–Crippen MR) is 116 cm³/mol. The molecule has 1 heterocycles. The average molecular weight is 379 g/mol. The molecule has 1 aliphatic rings. The Bertz CT molecular complexity index is 656. The van der Waals surface area contributed by atoms with Gasteiger partial charge in [0.25, 0.3) is 0 Å². The van der Waals surface area contributed by atoms with Gasteiger partial charge in [-0.05, 0) is 63.1 Å². The van der Waals surface area contributed by atoms with Crippen molar-refractivity contribution >= 4 is 5.91 Å². The number of carbonyl (C=O) groups excluding carboxylic acids is 1. The van der Waals surface area contributed by atoms with Crippen LogP contribution in [0.4, 0.5) is 0 Å². The van der Waals surface area contributed by atoms with Crippen LogP contribution >= 0.6 is 0 Å². The summed E-state index contributed by atoms with van der Waals surface area (Å²) in [5.74, 6) is 0.310. The van der Waals surface area contributed by atoms with E-state index in [9.17, 15) is 4.79 Å². The minimum Gasteiger partial charge on any atom is -0.339 e. The molecule has 0 aromatic heterocycles. The van der Waals surface area contributed by atoms with Gasteiger partial charge in [-0.1, -0.05) is 60.7 Å². The summed E-state index contributed by atoms with van der Waals surface area (Å²) in [7, 11) is 2.06. The normalized spacial score (nSPS) is 15.8. The Morgan fingerprint density at radius 1 is 0.821 bits per heavy atom. The van der Waals surface area contributed by atoms with Crippen molar-refractivity contribution in [3.05, 3.63) is 71.8 Å². The van der Waals surface area contributed by atoms with Crippen molar-refractivity contribution in [2.75, 3.05) is 26.7 Å². The minimum absolute atomic E-state index is 0.310. The first-order valence-corrected chi connectivity index (χ1v) is 10.8. The van der Waals surface area contributed by atoms with Gasteiger partial charge in [0.1, 0.15) is 0 Å². The van der Waals surface area contributed by atoms with Gasteiger partial charge in [-0.15, -0.1) is 0 Å². The first kappa shape index (κ1) is 20.6. The molecule has 28 heavy (non-hydrogen) atoms. The lowest BCUT2D eigenvalue weighted by Gasteiger charge is -2.31. The third-order valence-corrected chi connectivity index (χ3v) is 5.80. The highest BCUT2D eigenvalue weighted by atomic mass is 16.2. The summed E-state index contributed by atoms with van der Waals surface area (Å²) in [6.07, 6.45) is 7.74. The Kier molecular flexibility index (Phi) is 8.10. The van der Waals surface area contributed by atoms with Crippen molar-refractivity contribution in [2.24, 2.45) is 0 Å². The van der Waals surface area contributed by atoms with Crippen LogP contribution in [0.3, 0.4) is 0 Å². The van der Waals surface area contributed by atoms with Crippen LogP contribution < -0.4 is 0 Å². The van der Waals surface area contributed by atoms with Gasteiger partial charge in [0.15, 0.2) is 0 Å². The van der Waals surface area contributed by atoms with Crippen LogP contribution in [-0.4, -0.2) is 48.4 Å². The summed E-state index contributed by atoms with van der Waals surface area (Å²) >= 11 is 0. The molecule has 0 atom stereocenters. The summed E-state index contributed by atoms with van der Waals surface area (Å²) in [5, 5.41) is 0. The molecule has 3 nitrogen and oxygen atoms in total. The van der Waals surface area contributed by atoms with Gasteiger partial charge in [-0.25, -0.2) is 0 Å².